The zero-order valence-corrected chi connectivity index (χ0v) is 13.5. The molecule has 0 bridgehead atoms. The lowest BCUT2D eigenvalue weighted by molar-refractivity contribution is 0.0894. The number of nitrogens with zero attached hydrogens (tertiary/aromatic N) is 3. The summed E-state index contributed by atoms with van der Waals surface area (Å²) in [4.78, 5) is 12.8. The molecule has 3 rings (SSSR count). The zero-order valence-electron chi connectivity index (χ0n) is 13.5. The molecule has 6 heteroatoms. The van der Waals surface area contributed by atoms with Gasteiger partial charge in [0.1, 0.15) is 0 Å². The molecule has 0 saturated heterocycles. The maximum atomic E-state index is 12.8. The smallest absolute Gasteiger partial charge is 0.254 e. The molecule has 1 N–H and O–H groups in total. The number of hydrogen-bond donors (Lipinski definition) is 1. The van der Waals surface area contributed by atoms with E-state index in [0.717, 1.165) is 16.6 Å². The van der Waals surface area contributed by atoms with Gasteiger partial charge in [0.05, 0.1) is 23.9 Å². The summed E-state index contributed by atoms with van der Waals surface area (Å²) in [5.41, 5.74) is 2.59. The molecule has 0 unspecified atom stereocenters. The fraction of sp³-hybridized carbons (Fsp3) is 0.294. The summed E-state index contributed by atoms with van der Waals surface area (Å²) in [7, 11) is 5.41. The van der Waals surface area contributed by atoms with Gasteiger partial charge in [-0.3, -0.25) is 9.48 Å². The fourth-order valence-corrected chi connectivity index (χ4v) is 2.85. The molecule has 0 spiro atoms. The Morgan fingerprint density at radius 2 is 2.09 bits per heavy atom. The quantitative estimate of drug-likeness (QED) is 0.784. The Balaban J connectivity index is 1.91. The number of para-hydroxylation sites is 1. The molecule has 23 heavy (non-hydrogen) atoms. The van der Waals surface area contributed by atoms with Crippen LogP contribution in [0.5, 0.6) is 0 Å². The van der Waals surface area contributed by atoms with Crippen LogP contribution in [0.4, 0.5) is 0 Å². The lowest BCUT2D eigenvalue weighted by atomic mass is 10.1. The molecule has 0 fully saturated rings. The summed E-state index contributed by atoms with van der Waals surface area (Å²) in [6, 6.07) is 9.49. The lowest BCUT2D eigenvalue weighted by Crippen LogP contribution is -2.32. The van der Waals surface area contributed by atoms with Crippen LogP contribution in [-0.4, -0.2) is 34.0 Å². The maximum Gasteiger partial charge on any atom is 0.254 e. The van der Waals surface area contributed by atoms with Gasteiger partial charge in [-0.1, -0.05) is 18.2 Å². The van der Waals surface area contributed by atoms with Gasteiger partial charge in [-0.15, -0.1) is 0 Å². The Morgan fingerprint density at radius 3 is 2.78 bits per heavy atom. The van der Waals surface area contributed by atoms with Gasteiger partial charge in [0.25, 0.3) is 5.91 Å². The third-order valence-corrected chi connectivity index (χ3v) is 4.00. The number of aromatic nitrogens is 3. The summed E-state index contributed by atoms with van der Waals surface area (Å²) >= 11 is 0. The van der Waals surface area contributed by atoms with Gasteiger partial charge in [-0.05, 0) is 12.1 Å². The number of carbonyl (C=O) groups excluding carboxylic acids is 1. The van der Waals surface area contributed by atoms with E-state index in [2.05, 4.69) is 10.4 Å². The van der Waals surface area contributed by atoms with Crippen molar-refractivity contribution in [2.45, 2.75) is 6.04 Å². The minimum atomic E-state index is -0.251. The summed E-state index contributed by atoms with van der Waals surface area (Å²) < 4.78 is 8.95. The highest BCUT2D eigenvalue weighted by Gasteiger charge is 2.20. The van der Waals surface area contributed by atoms with Gasteiger partial charge in [-0.25, -0.2) is 0 Å². The highest BCUT2D eigenvalue weighted by molar-refractivity contribution is 6.07. The Hall–Kier alpha value is -2.60. The molecule has 0 aliphatic rings. The van der Waals surface area contributed by atoms with Crippen molar-refractivity contribution in [1.29, 1.82) is 0 Å². The van der Waals surface area contributed by atoms with Gasteiger partial charge in [0.15, 0.2) is 0 Å². The number of rotatable bonds is 5. The van der Waals surface area contributed by atoms with Crippen molar-refractivity contribution in [2.24, 2.45) is 14.1 Å². The second-order valence-corrected chi connectivity index (χ2v) is 5.53. The summed E-state index contributed by atoms with van der Waals surface area (Å²) in [6.07, 6.45) is 3.56. The molecular formula is C17H20N4O2. The van der Waals surface area contributed by atoms with E-state index in [0.29, 0.717) is 12.2 Å². The summed E-state index contributed by atoms with van der Waals surface area (Å²) in [5, 5.41) is 8.14. The molecule has 0 radical (unpaired) electrons. The van der Waals surface area contributed by atoms with Crippen LogP contribution in [0.3, 0.4) is 0 Å². The Morgan fingerprint density at radius 1 is 1.30 bits per heavy atom. The SMILES string of the molecule is COC[C@H](NC(=O)c1cn(C)c2ccccc12)c1ccnn1C. The normalized spacial score (nSPS) is 12.5. The topological polar surface area (TPSA) is 61.1 Å². The number of aryl methyl sites for hydroxylation is 2. The number of amides is 1. The standard InChI is InChI=1S/C17H20N4O2/c1-20-10-13(12-6-4-5-7-15(12)20)17(22)19-14(11-23-3)16-8-9-18-21(16)2/h4-10,14H,11H2,1-3H3,(H,19,22)/t14-/m0/s1. The number of methoxy groups -OCH3 is 1. The van der Waals surface area contributed by atoms with Crippen LogP contribution in [0.1, 0.15) is 22.1 Å². The van der Waals surface area contributed by atoms with E-state index < -0.39 is 0 Å². The Labute approximate surface area is 134 Å². The first-order chi connectivity index (χ1) is 11.1. The predicted octanol–water partition coefficient (Wildman–Crippen LogP) is 2.03. The third kappa shape index (κ3) is 2.85. The predicted molar refractivity (Wildman–Crippen MR) is 88.2 cm³/mol. The van der Waals surface area contributed by atoms with Crippen LogP contribution in [0.25, 0.3) is 10.9 Å². The van der Waals surface area contributed by atoms with E-state index in [9.17, 15) is 4.79 Å². The minimum Gasteiger partial charge on any atom is -0.382 e. The van der Waals surface area contributed by atoms with Gasteiger partial charge in [-0.2, -0.15) is 5.10 Å². The first kappa shape index (κ1) is 15.3. The number of carbonyl (C=O) groups is 1. The van der Waals surface area contributed by atoms with E-state index in [1.165, 1.54) is 0 Å². The number of fused-ring (bicyclic) bond motifs is 1. The number of ether oxygens (including phenoxy) is 1. The number of hydrogen-bond acceptors (Lipinski definition) is 3. The van der Waals surface area contributed by atoms with E-state index in [1.54, 1.807) is 18.0 Å². The molecule has 1 aromatic carbocycles. The number of benzene rings is 1. The molecule has 2 heterocycles. The van der Waals surface area contributed by atoms with E-state index in [4.69, 9.17) is 4.74 Å². The third-order valence-electron chi connectivity index (χ3n) is 4.00. The van der Waals surface area contributed by atoms with Gasteiger partial charge < -0.3 is 14.6 Å². The highest BCUT2D eigenvalue weighted by Crippen LogP contribution is 2.21. The highest BCUT2D eigenvalue weighted by atomic mass is 16.5. The first-order valence-corrected chi connectivity index (χ1v) is 7.43. The lowest BCUT2D eigenvalue weighted by Gasteiger charge is -2.18. The monoisotopic (exact) mass is 312 g/mol. The second-order valence-electron chi connectivity index (χ2n) is 5.53. The van der Waals surface area contributed by atoms with Crippen LogP contribution < -0.4 is 5.32 Å². The van der Waals surface area contributed by atoms with Crippen molar-refractivity contribution >= 4 is 16.8 Å². The van der Waals surface area contributed by atoms with Gasteiger partial charge >= 0.3 is 0 Å². The molecule has 0 aliphatic heterocycles. The van der Waals surface area contributed by atoms with Crippen LogP contribution in [-0.2, 0) is 18.8 Å². The molecular weight excluding hydrogens is 292 g/mol. The van der Waals surface area contributed by atoms with Crippen molar-refractivity contribution in [3.05, 3.63) is 54.0 Å². The van der Waals surface area contributed by atoms with Crippen LogP contribution in [0.15, 0.2) is 42.7 Å². The van der Waals surface area contributed by atoms with Crippen molar-refractivity contribution in [3.63, 3.8) is 0 Å². The van der Waals surface area contributed by atoms with Gasteiger partial charge in [0, 0.05) is 44.5 Å². The summed E-state index contributed by atoms with van der Waals surface area (Å²) in [6.45, 7) is 0.385. The summed E-state index contributed by atoms with van der Waals surface area (Å²) in [5.74, 6) is -0.120. The zero-order chi connectivity index (χ0) is 16.4. The van der Waals surface area contributed by atoms with Crippen LogP contribution in [0, 0.1) is 0 Å². The molecule has 0 aliphatic carbocycles. The average Bonchev–Trinajstić information content (AvgIpc) is 3.11. The molecule has 3 aromatic rings. The van der Waals surface area contributed by atoms with Crippen molar-refractivity contribution in [1.82, 2.24) is 19.7 Å². The van der Waals surface area contributed by atoms with E-state index in [1.807, 2.05) is 55.2 Å². The van der Waals surface area contributed by atoms with Crippen molar-refractivity contribution < 1.29 is 9.53 Å². The number of nitrogens with one attached hydrogen (secondary N) is 1. The first-order valence-electron chi connectivity index (χ1n) is 7.43. The molecule has 120 valence electrons. The fourth-order valence-electron chi connectivity index (χ4n) is 2.85. The van der Waals surface area contributed by atoms with Crippen molar-refractivity contribution in [2.75, 3.05) is 13.7 Å². The van der Waals surface area contributed by atoms with Crippen molar-refractivity contribution in [3.8, 4) is 0 Å². The van der Waals surface area contributed by atoms with E-state index in [-0.39, 0.29) is 11.9 Å². The molecule has 1 amide bonds. The van der Waals surface area contributed by atoms with E-state index >= 15 is 0 Å². The van der Waals surface area contributed by atoms with Gasteiger partial charge in [0.2, 0.25) is 0 Å². The average molecular weight is 312 g/mol. The second kappa shape index (κ2) is 6.26. The molecule has 1 atom stereocenters. The molecule has 2 aromatic heterocycles. The molecule has 6 nitrogen and oxygen atoms in total. The maximum absolute atomic E-state index is 12.8. The Kier molecular flexibility index (Phi) is 4.16. The van der Waals surface area contributed by atoms with Crippen LogP contribution >= 0.6 is 0 Å². The molecule has 0 saturated carbocycles. The van der Waals surface area contributed by atoms with Crippen LogP contribution in [0.2, 0.25) is 0 Å². The Bertz CT molecular complexity index is 834. The largest absolute Gasteiger partial charge is 0.382 e. The minimum absolute atomic E-state index is 0.120.